The lowest BCUT2D eigenvalue weighted by atomic mass is 9.61. The Kier molecular flexibility index (Phi) is 4.38. The smallest absolute Gasteiger partial charge is 0.277 e. The molecule has 0 spiro atoms. The summed E-state index contributed by atoms with van der Waals surface area (Å²) in [5.41, 5.74) is -1.36. The molecule has 1 fully saturated rings. The van der Waals surface area contributed by atoms with Crippen molar-refractivity contribution >= 4 is 17.8 Å². The summed E-state index contributed by atoms with van der Waals surface area (Å²) in [6.07, 6.45) is 2.13. The summed E-state index contributed by atoms with van der Waals surface area (Å²) in [5, 5.41) is 4.51. The molecule has 0 unspecified atom stereocenters. The number of carbonyl (C=O) groups is 3. The molecule has 0 saturated carbocycles. The maximum Gasteiger partial charge on any atom is 0.328 e. The maximum absolute atomic E-state index is 12.3. The molecule has 1 rings (SSSR count). The molecule has 4 amide bonds. The highest BCUT2D eigenvalue weighted by Crippen LogP contribution is 2.45. The van der Waals surface area contributed by atoms with Gasteiger partial charge in [0.1, 0.15) is 5.41 Å². The van der Waals surface area contributed by atoms with Crippen LogP contribution in [0.5, 0.6) is 0 Å². The van der Waals surface area contributed by atoms with Crippen molar-refractivity contribution in [3.63, 3.8) is 0 Å². The Balaban J connectivity index is 3.22. The van der Waals surface area contributed by atoms with Crippen LogP contribution in [0.1, 0.15) is 53.9 Å². The van der Waals surface area contributed by atoms with Crippen LogP contribution in [0.25, 0.3) is 0 Å². The summed E-state index contributed by atoms with van der Waals surface area (Å²) in [6.45, 7) is 9.93. The highest BCUT2D eigenvalue weighted by Gasteiger charge is 2.56. The van der Waals surface area contributed by atoms with Gasteiger partial charge in [0.2, 0.25) is 11.8 Å². The third kappa shape index (κ3) is 2.80. The van der Waals surface area contributed by atoms with Crippen LogP contribution in [0.3, 0.4) is 0 Å². The average molecular weight is 268 g/mol. The molecular formula is C14H24N2O3. The fourth-order valence-corrected chi connectivity index (χ4v) is 2.60. The number of unbranched alkanes of at least 4 members (excludes halogenated alkanes) is 1. The van der Waals surface area contributed by atoms with Gasteiger partial charge in [0.25, 0.3) is 0 Å². The first kappa shape index (κ1) is 15.7. The number of hydrogen-bond donors (Lipinski definition) is 2. The van der Waals surface area contributed by atoms with Crippen LogP contribution in [0.4, 0.5) is 4.79 Å². The number of carbonyl (C=O) groups excluding carboxylic acids is 3. The van der Waals surface area contributed by atoms with E-state index in [1.807, 2.05) is 34.6 Å². The van der Waals surface area contributed by atoms with Gasteiger partial charge in [0.15, 0.2) is 0 Å². The zero-order valence-electron chi connectivity index (χ0n) is 12.4. The number of barbiturate groups is 1. The third-order valence-electron chi connectivity index (χ3n) is 4.23. The number of imide groups is 2. The summed E-state index contributed by atoms with van der Waals surface area (Å²) in [5.74, 6) is -1.09. The zero-order chi connectivity index (χ0) is 14.8. The monoisotopic (exact) mass is 268 g/mol. The molecule has 1 heterocycles. The lowest BCUT2D eigenvalue weighted by molar-refractivity contribution is -0.152. The minimum absolute atomic E-state index is 0.167. The van der Waals surface area contributed by atoms with Crippen molar-refractivity contribution in [2.75, 3.05) is 0 Å². The minimum Gasteiger partial charge on any atom is -0.277 e. The maximum atomic E-state index is 12.3. The van der Waals surface area contributed by atoms with Gasteiger partial charge in [-0.3, -0.25) is 20.2 Å². The lowest BCUT2D eigenvalue weighted by Crippen LogP contribution is -2.65. The fraction of sp³-hybridized carbons (Fsp3) is 0.786. The molecule has 19 heavy (non-hydrogen) atoms. The molecule has 1 aliphatic heterocycles. The van der Waals surface area contributed by atoms with Crippen molar-refractivity contribution in [2.45, 2.75) is 53.9 Å². The van der Waals surface area contributed by atoms with Crippen molar-refractivity contribution in [3.05, 3.63) is 0 Å². The standard InChI is InChI=1S/C14H24N2O3/c1-6-7-8-14(9(2)13(3,4)5)10(17)15-12(19)16-11(14)18/h9H,6-8H2,1-5H3,(H2,15,16,17,18,19)/t9-/m0/s1. The van der Waals surface area contributed by atoms with Gasteiger partial charge in [-0.05, 0) is 17.8 Å². The van der Waals surface area contributed by atoms with Gasteiger partial charge in [0, 0.05) is 0 Å². The van der Waals surface area contributed by atoms with Gasteiger partial charge in [-0.1, -0.05) is 47.5 Å². The average Bonchev–Trinajstić information content (AvgIpc) is 2.26. The molecule has 2 N–H and O–H groups in total. The van der Waals surface area contributed by atoms with Crippen molar-refractivity contribution in [2.24, 2.45) is 16.7 Å². The van der Waals surface area contributed by atoms with Gasteiger partial charge >= 0.3 is 6.03 Å². The predicted octanol–water partition coefficient (Wildman–Crippen LogP) is 2.21. The summed E-state index contributed by atoms with van der Waals surface area (Å²) in [4.78, 5) is 35.9. The van der Waals surface area contributed by atoms with Crippen LogP contribution in [-0.4, -0.2) is 17.8 Å². The molecule has 1 atom stereocenters. The molecule has 1 aliphatic rings. The number of amides is 4. The van der Waals surface area contributed by atoms with Gasteiger partial charge in [-0.25, -0.2) is 4.79 Å². The molecule has 5 heteroatoms. The number of nitrogens with one attached hydrogen (secondary N) is 2. The van der Waals surface area contributed by atoms with E-state index in [2.05, 4.69) is 10.6 Å². The summed E-state index contributed by atoms with van der Waals surface area (Å²) in [6, 6.07) is -0.719. The van der Waals surface area contributed by atoms with E-state index in [1.165, 1.54) is 0 Å². The molecule has 0 aromatic carbocycles. The van der Waals surface area contributed by atoms with Crippen molar-refractivity contribution in [1.29, 1.82) is 0 Å². The molecule has 0 aromatic heterocycles. The van der Waals surface area contributed by atoms with E-state index in [1.54, 1.807) is 0 Å². The number of urea groups is 1. The second-order valence-corrected chi connectivity index (χ2v) is 6.40. The number of rotatable bonds is 4. The summed E-state index contributed by atoms with van der Waals surface area (Å²) < 4.78 is 0. The minimum atomic E-state index is -1.15. The van der Waals surface area contributed by atoms with Crippen molar-refractivity contribution in [1.82, 2.24) is 10.6 Å². The fourth-order valence-electron chi connectivity index (χ4n) is 2.60. The summed E-state index contributed by atoms with van der Waals surface area (Å²) >= 11 is 0. The molecule has 0 aliphatic carbocycles. The molecule has 5 nitrogen and oxygen atoms in total. The largest absolute Gasteiger partial charge is 0.328 e. The zero-order valence-corrected chi connectivity index (χ0v) is 12.4. The lowest BCUT2D eigenvalue weighted by Gasteiger charge is -2.44. The van der Waals surface area contributed by atoms with Crippen LogP contribution < -0.4 is 10.6 Å². The Bertz CT molecular complexity index is 376. The Morgan fingerprint density at radius 3 is 1.95 bits per heavy atom. The quantitative estimate of drug-likeness (QED) is 0.768. The molecule has 0 aromatic rings. The van der Waals surface area contributed by atoms with Crippen LogP contribution in [-0.2, 0) is 9.59 Å². The van der Waals surface area contributed by atoms with E-state index in [-0.39, 0.29) is 11.3 Å². The third-order valence-corrected chi connectivity index (χ3v) is 4.23. The van der Waals surface area contributed by atoms with Gasteiger partial charge < -0.3 is 0 Å². The first-order chi connectivity index (χ1) is 8.66. The highest BCUT2D eigenvalue weighted by molar-refractivity contribution is 6.19. The van der Waals surface area contributed by atoms with Crippen LogP contribution in [0, 0.1) is 16.7 Å². The van der Waals surface area contributed by atoms with Gasteiger partial charge in [-0.15, -0.1) is 0 Å². The van der Waals surface area contributed by atoms with E-state index in [0.717, 1.165) is 12.8 Å². The second kappa shape index (κ2) is 5.31. The topological polar surface area (TPSA) is 75.3 Å². The van der Waals surface area contributed by atoms with E-state index < -0.39 is 23.3 Å². The highest BCUT2D eigenvalue weighted by atomic mass is 16.2. The van der Waals surface area contributed by atoms with E-state index in [0.29, 0.717) is 6.42 Å². The van der Waals surface area contributed by atoms with Crippen LogP contribution >= 0.6 is 0 Å². The van der Waals surface area contributed by atoms with Crippen molar-refractivity contribution in [3.8, 4) is 0 Å². The molecule has 0 radical (unpaired) electrons. The Morgan fingerprint density at radius 2 is 1.58 bits per heavy atom. The first-order valence-electron chi connectivity index (χ1n) is 6.83. The second-order valence-electron chi connectivity index (χ2n) is 6.40. The normalized spacial score (nSPS) is 20.8. The van der Waals surface area contributed by atoms with Crippen LogP contribution in [0.2, 0.25) is 0 Å². The predicted molar refractivity (Wildman–Crippen MR) is 72.3 cm³/mol. The SMILES string of the molecule is CCCCC1([C@@H](C)C(C)(C)C)C(=O)NC(=O)NC1=O. The number of hydrogen-bond acceptors (Lipinski definition) is 3. The molecule has 1 saturated heterocycles. The van der Waals surface area contributed by atoms with Gasteiger partial charge in [-0.2, -0.15) is 0 Å². The summed E-state index contributed by atoms with van der Waals surface area (Å²) in [7, 11) is 0. The molecule has 108 valence electrons. The Labute approximate surface area is 114 Å². The van der Waals surface area contributed by atoms with Gasteiger partial charge in [0.05, 0.1) is 0 Å². The Morgan fingerprint density at radius 1 is 1.11 bits per heavy atom. The van der Waals surface area contributed by atoms with E-state index in [4.69, 9.17) is 0 Å². The van der Waals surface area contributed by atoms with E-state index >= 15 is 0 Å². The molecular weight excluding hydrogens is 244 g/mol. The first-order valence-corrected chi connectivity index (χ1v) is 6.83. The van der Waals surface area contributed by atoms with E-state index in [9.17, 15) is 14.4 Å². The Hall–Kier alpha value is -1.39. The van der Waals surface area contributed by atoms with Crippen LogP contribution in [0.15, 0.2) is 0 Å². The molecule has 0 bridgehead atoms. The van der Waals surface area contributed by atoms with Crippen molar-refractivity contribution < 1.29 is 14.4 Å².